The zero-order chi connectivity index (χ0) is 17.8. The average molecular weight is 362 g/mol. The highest BCUT2D eigenvalue weighted by atomic mass is 35.5. The number of aliphatic imine (C=N–C) groups is 1. The number of nitrogens with one attached hydrogen (secondary N) is 1. The molecule has 1 N–H and O–H groups in total. The first-order chi connectivity index (χ1) is 12.1. The quantitative estimate of drug-likeness (QED) is 0.515. The molecule has 0 amide bonds. The Bertz CT molecular complexity index is 839. The summed E-state index contributed by atoms with van der Waals surface area (Å²) >= 11 is 6.15. The average Bonchev–Trinajstić information content (AvgIpc) is 2.79. The molecule has 0 fully saturated rings. The van der Waals surface area contributed by atoms with E-state index in [1.54, 1.807) is 30.3 Å². The van der Waals surface area contributed by atoms with Gasteiger partial charge in [0.25, 0.3) is 0 Å². The summed E-state index contributed by atoms with van der Waals surface area (Å²) in [5.74, 6) is 0.00471. The van der Waals surface area contributed by atoms with Gasteiger partial charge in [-0.05, 0) is 30.3 Å². The number of hydrogen-bond donors (Lipinski definition) is 1. The molecule has 7 heteroatoms. The van der Waals surface area contributed by atoms with Crippen molar-refractivity contribution in [1.82, 2.24) is 0 Å². The molecule has 0 radical (unpaired) electrons. The van der Waals surface area contributed by atoms with Crippen LogP contribution in [0.3, 0.4) is 0 Å². The molecule has 1 unspecified atom stereocenters. The molecule has 1 aliphatic heterocycles. The Kier molecular flexibility index (Phi) is 5.19. The molecule has 25 heavy (non-hydrogen) atoms. The van der Waals surface area contributed by atoms with Crippen LogP contribution in [0.25, 0.3) is 0 Å². The lowest BCUT2D eigenvalue weighted by molar-refractivity contribution is 0.196. The molecule has 0 spiro atoms. The summed E-state index contributed by atoms with van der Waals surface area (Å²) in [4.78, 5) is 9.43. The predicted molar refractivity (Wildman–Crippen MR) is 97.2 cm³/mol. The maximum atomic E-state index is 14.3. The maximum absolute atomic E-state index is 14.3. The fourth-order valence-corrected chi connectivity index (χ4v) is 2.87. The van der Waals surface area contributed by atoms with Gasteiger partial charge in [0.15, 0.2) is 0 Å². The van der Waals surface area contributed by atoms with Crippen LogP contribution in [0.4, 0.5) is 10.1 Å². The highest BCUT2D eigenvalue weighted by Gasteiger charge is 2.25. The SMILES string of the molecule is CO/N=C(/OC)C1CN=C(c2ccccc2F)c2cc(Cl)ccc2N1. The van der Waals surface area contributed by atoms with E-state index in [-0.39, 0.29) is 11.9 Å². The van der Waals surface area contributed by atoms with Gasteiger partial charge in [-0.15, -0.1) is 0 Å². The number of benzene rings is 2. The lowest BCUT2D eigenvalue weighted by Gasteiger charge is -2.17. The van der Waals surface area contributed by atoms with Crippen molar-refractivity contribution < 1.29 is 14.0 Å². The van der Waals surface area contributed by atoms with E-state index in [1.165, 1.54) is 20.3 Å². The van der Waals surface area contributed by atoms with Gasteiger partial charge in [0.2, 0.25) is 5.90 Å². The maximum Gasteiger partial charge on any atom is 0.250 e. The summed E-state index contributed by atoms with van der Waals surface area (Å²) in [5, 5.41) is 7.73. The van der Waals surface area contributed by atoms with Gasteiger partial charge in [-0.3, -0.25) is 4.99 Å². The standard InChI is InChI=1S/C18H17ClFN3O2/c1-24-18(23-25-2)16-10-21-17(12-5-3-4-6-14(12)20)13-9-11(19)7-8-15(13)22-16/h3-9,16,22H,10H2,1-2H3/b23-18+. The van der Waals surface area contributed by atoms with Gasteiger partial charge in [0.1, 0.15) is 19.0 Å². The smallest absolute Gasteiger partial charge is 0.250 e. The molecule has 130 valence electrons. The molecule has 1 heterocycles. The first-order valence-corrected chi connectivity index (χ1v) is 8.02. The lowest BCUT2D eigenvalue weighted by Crippen LogP contribution is -2.33. The van der Waals surface area contributed by atoms with Gasteiger partial charge in [-0.2, -0.15) is 0 Å². The lowest BCUT2D eigenvalue weighted by atomic mass is 10.00. The second kappa shape index (κ2) is 7.53. The molecule has 0 bridgehead atoms. The van der Waals surface area contributed by atoms with Crippen LogP contribution in [-0.4, -0.2) is 38.4 Å². The van der Waals surface area contributed by atoms with Gasteiger partial charge < -0.3 is 14.9 Å². The molecule has 1 atom stereocenters. The Morgan fingerprint density at radius 2 is 2.04 bits per heavy atom. The molecule has 0 saturated heterocycles. The molecule has 2 aromatic rings. The molecular weight excluding hydrogens is 345 g/mol. The van der Waals surface area contributed by atoms with E-state index >= 15 is 0 Å². The van der Waals surface area contributed by atoms with E-state index in [4.69, 9.17) is 21.2 Å². The molecular formula is C18H17ClFN3O2. The van der Waals surface area contributed by atoms with Crippen molar-refractivity contribution in [2.75, 3.05) is 26.1 Å². The Balaban J connectivity index is 2.13. The fourth-order valence-electron chi connectivity index (χ4n) is 2.70. The van der Waals surface area contributed by atoms with Gasteiger partial charge >= 0.3 is 0 Å². The highest BCUT2D eigenvalue weighted by Crippen LogP contribution is 2.28. The third-order valence-electron chi connectivity index (χ3n) is 3.82. The zero-order valence-electron chi connectivity index (χ0n) is 13.8. The monoisotopic (exact) mass is 361 g/mol. The number of rotatable bonds is 3. The van der Waals surface area contributed by atoms with Crippen molar-refractivity contribution in [3.8, 4) is 0 Å². The number of benzodiazepines with no additional fused rings is 1. The van der Waals surface area contributed by atoms with Crippen molar-refractivity contribution in [2.45, 2.75) is 6.04 Å². The summed E-state index contributed by atoms with van der Waals surface area (Å²) in [6, 6.07) is 11.5. The number of oxime groups is 1. The van der Waals surface area contributed by atoms with Crippen molar-refractivity contribution in [3.05, 3.63) is 64.4 Å². The summed E-state index contributed by atoms with van der Waals surface area (Å²) in [5.41, 5.74) is 2.41. The minimum absolute atomic E-state index is 0.298. The third kappa shape index (κ3) is 3.58. The van der Waals surface area contributed by atoms with Crippen LogP contribution < -0.4 is 5.32 Å². The first-order valence-electron chi connectivity index (χ1n) is 7.65. The summed E-state index contributed by atoms with van der Waals surface area (Å²) in [6.45, 7) is 0.298. The molecule has 0 saturated carbocycles. The van der Waals surface area contributed by atoms with Crippen LogP contribution in [0, 0.1) is 5.82 Å². The van der Waals surface area contributed by atoms with E-state index < -0.39 is 0 Å². The highest BCUT2D eigenvalue weighted by molar-refractivity contribution is 6.31. The number of nitrogens with zero attached hydrogens (tertiary/aromatic N) is 2. The van der Waals surface area contributed by atoms with Crippen LogP contribution in [0.15, 0.2) is 52.6 Å². The first kappa shape index (κ1) is 17.2. The topological polar surface area (TPSA) is 55.2 Å². The van der Waals surface area contributed by atoms with E-state index in [0.717, 1.165) is 5.69 Å². The van der Waals surface area contributed by atoms with Crippen LogP contribution >= 0.6 is 11.6 Å². The van der Waals surface area contributed by atoms with Crippen molar-refractivity contribution >= 4 is 28.9 Å². The van der Waals surface area contributed by atoms with E-state index in [1.807, 2.05) is 6.07 Å². The van der Waals surface area contributed by atoms with Crippen LogP contribution in [0.1, 0.15) is 11.1 Å². The van der Waals surface area contributed by atoms with E-state index in [0.29, 0.717) is 34.3 Å². The number of methoxy groups -OCH3 is 1. The van der Waals surface area contributed by atoms with Crippen LogP contribution in [-0.2, 0) is 9.57 Å². The number of hydrogen-bond acceptors (Lipinski definition) is 5. The second-order valence-electron chi connectivity index (χ2n) is 5.37. The molecule has 3 rings (SSSR count). The zero-order valence-corrected chi connectivity index (χ0v) is 14.5. The summed E-state index contributed by atoms with van der Waals surface area (Å²) in [7, 11) is 2.95. The summed E-state index contributed by atoms with van der Waals surface area (Å²) < 4.78 is 19.6. The van der Waals surface area contributed by atoms with E-state index in [2.05, 4.69) is 15.5 Å². The number of halogens is 2. The molecule has 0 aromatic heterocycles. The number of ether oxygens (including phenoxy) is 1. The number of anilines is 1. The van der Waals surface area contributed by atoms with Gasteiger partial charge in [-0.1, -0.05) is 28.9 Å². The minimum atomic E-state index is -0.353. The van der Waals surface area contributed by atoms with Crippen molar-refractivity contribution in [1.29, 1.82) is 0 Å². The van der Waals surface area contributed by atoms with Gasteiger partial charge in [-0.25, -0.2) is 4.39 Å². The molecule has 2 aromatic carbocycles. The minimum Gasteiger partial charge on any atom is -0.480 e. The van der Waals surface area contributed by atoms with Crippen molar-refractivity contribution in [2.24, 2.45) is 10.1 Å². The Labute approximate surface area is 150 Å². The number of fused-ring (bicyclic) bond motifs is 1. The fraction of sp³-hybridized carbons (Fsp3) is 0.222. The normalized spacial score (nSPS) is 17.0. The Morgan fingerprint density at radius 1 is 1.24 bits per heavy atom. The van der Waals surface area contributed by atoms with E-state index in [9.17, 15) is 4.39 Å². The van der Waals surface area contributed by atoms with Crippen molar-refractivity contribution in [3.63, 3.8) is 0 Å². The van der Waals surface area contributed by atoms with Crippen LogP contribution in [0.2, 0.25) is 5.02 Å². The molecule has 0 aliphatic carbocycles. The second-order valence-corrected chi connectivity index (χ2v) is 5.81. The Morgan fingerprint density at radius 3 is 2.76 bits per heavy atom. The molecule has 5 nitrogen and oxygen atoms in total. The van der Waals surface area contributed by atoms with Gasteiger partial charge in [0, 0.05) is 21.8 Å². The largest absolute Gasteiger partial charge is 0.480 e. The molecule has 1 aliphatic rings. The Hall–Kier alpha value is -2.60. The third-order valence-corrected chi connectivity index (χ3v) is 4.05. The summed E-state index contributed by atoms with van der Waals surface area (Å²) in [6.07, 6.45) is 0. The van der Waals surface area contributed by atoms with Gasteiger partial charge in [0.05, 0.1) is 19.4 Å². The van der Waals surface area contributed by atoms with Crippen LogP contribution in [0.5, 0.6) is 0 Å². The predicted octanol–water partition coefficient (Wildman–Crippen LogP) is 3.72.